The number of phenolic OH excluding ortho intramolecular Hbond substituents is 1. The largest absolute Gasteiger partial charge is 0.507 e. The number of nitrogens with one attached hydrogen (secondary N) is 2. The monoisotopic (exact) mass is 554 g/mol. The SMILES string of the molecule is O=C(Nc1ccc(O)c(-c2cc(C3CC3)n(C(=O)NCc3ccc(Cl)c(Cl)c3)n2)c1)c1ccccc1Cl. The number of aromatic nitrogens is 2. The summed E-state index contributed by atoms with van der Waals surface area (Å²) in [5.41, 5.74) is 3.13. The minimum Gasteiger partial charge on any atom is -0.507 e. The number of hydrogen-bond donors (Lipinski definition) is 3. The van der Waals surface area contributed by atoms with Gasteiger partial charge in [0.15, 0.2) is 0 Å². The molecule has 1 aromatic heterocycles. The Morgan fingerprint density at radius 3 is 2.46 bits per heavy atom. The van der Waals surface area contributed by atoms with E-state index in [0.29, 0.717) is 37.6 Å². The molecular formula is C27H21Cl3N4O3. The van der Waals surface area contributed by atoms with Crippen LogP contribution < -0.4 is 10.6 Å². The van der Waals surface area contributed by atoms with Crippen LogP contribution in [0.15, 0.2) is 66.7 Å². The number of phenols is 1. The second-order valence-electron chi connectivity index (χ2n) is 8.71. The van der Waals surface area contributed by atoms with E-state index < -0.39 is 6.03 Å². The standard InChI is InChI=1S/C27H21Cl3N4O3/c28-20-4-2-1-3-18(20)26(36)32-17-8-10-25(35)19(12-17)23-13-24(16-6-7-16)34(33-23)27(37)31-14-15-5-9-21(29)22(30)11-15/h1-5,8-13,16,35H,6-7,14H2,(H,31,37)(H,32,36). The molecule has 1 heterocycles. The second-order valence-corrected chi connectivity index (χ2v) is 9.94. The normalized spacial score (nSPS) is 12.8. The van der Waals surface area contributed by atoms with E-state index in [0.717, 1.165) is 24.1 Å². The first kappa shape index (κ1) is 25.1. The molecule has 37 heavy (non-hydrogen) atoms. The lowest BCUT2D eigenvalue weighted by Gasteiger charge is -2.09. The van der Waals surface area contributed by atoms with Gasteiger partial charge in [0.25, 0.3) is 5.91 Å². The van der Waals surface area contributed by atoms with Crippen molar-refractivity contribution in [2.75, 3.05) is 5.32 Å². The molecule has 0 spiro atoms. The molecule has 0 unspecified atom stereocenters. The molecule has 188 valence electrons. The number of rotatable bonds is 6. The van der Waals surface area contributed by atoms with Crippen LogP contribution in [0.3, 0.4) is 0 Å². The fraction of sp³-hybridized carbons (Fsp3) is 0.148. The highest BCUT2D eigenvalue weighted by Crippen LogP contribution is 2.42. The first-order chi connectivity index (χ1) is 17.8. The number of amides is 2. The highest BCUT2D eigenvalue weighted by atomic mass is 35.5. The number of benzene rings is 3. The number of halogens is 3. The summed E-state index contributed by atoms with van der Waals surface area (Å²) in [5.74, 6) is -0.200. The lowest BCUT2D eigenvalue weighted by molar-refractivity contribution is 0.102. The first-order valence-corrected chi connectivity index (χ1v) is 12.6. The molecule has 10 heteroatoms. The zero-order chi connectivity index (χ0) is 26.1. The van der Waals surface area contributed by atoms with Crippen LogP contribution in [-0.2, 0) is 6.54 Å². The Morgan fingerprint density at radius 1 is 0.946 bits per heavy atom. The van der Waals surface area contributed by atoms with Gasteiger partial charge in [0.05, 0.1) is 32.0 Å². The zero-order valence-corrected chi connectivity index (χ0v) is 21.6. The van der Waals surface area contributed by atoms with Crippen molar-refractivity contribution in [3.05, 3.63) is 98.6 Å². The highest BCUT2D eigenvalue weighted by molar-refractivity contribution is 6.42. The molecule has 3 aromatic carbocycles. The molecule has 5 rings (SSSR count). The van der Waals surface area contributed by atoms with Crippen LogP contribution in [0.25, 0.3) is 11.3 Å². The van der Waals surface area contributed by atoms with Crippen molar-refractivity contribution < 1.29 is 14.7 Å². The minimum absolute atomic E-state index is 0.0287. The minimum atomic E-state index is -0.401. The Hall–Kier alpha value is -3.52. The smallest absolute Gasteiger partial charge is 0.342 e. The molecular weight excluding hydrogens is 535 g/mol. The van der Waals surface area contributed by atoms with Crippen molar-refractivity contribution in [3.63, 3.8) is 0 Å². The topological polar surface area (TPSA) is 96.2 Å². The van der Waals surface area contributed by atoms with E-state index in [2.05, 4.69) is 15.7 Å². The van der Waals surface area contributed by atoms with Gasteiger partial charge in [0, 0.05) is 23.7 Å². The summed E-state index contributed by atoms with van der Waals surface area (Å²) in [6.45, 7) is 0.240. The maximum Gasteiger partial charge on any atom is 0.342 e. The summed E-state index contributed by atoms with van der Waals surface area (Å²) in [4.78, 5) is 25.7. The molecule has 1 fully saturated rings. The molecule has 7 nitrogen and oxygen atoms in total. The number of hydrogen-bond acceptors (Lipinski definition) is 4. The molecule has 4 aromatic rings. The maximum atomic E-state index is 13.1. The van der Waals surface area contributed by atoms with Crippen LogP contribution in [-0.4, -0.2) is 26.8 Å². The van der Waals surface area contributed by atoms with Gasteiger partial charge in [-0.3, -0.25) is 4.79 Å². The summed E-state index contributed by atoms with van der Waals surface area (Å²) in [6, 6.07) is 17.9. The molecule has 3 N–H and O–H groups in total. The zero-order valence-electron chi connectivity index (χ0n) is 19.3. The number of anilines is 1. The molecule has 0 saturated heterocycles. The third-order valence-electron chi connectivity index (χ3n) is 6.00. The van der Waals surface area contributed by atoms with E-state index in [1.54, 1.807) is 60.7 Å². The van der Waals surface area contributed by atoms with Gasteiger partial charge in [-0.05, 0) is 66.9 Å². The third-order valence-corrected chi connectivity index (χ3v) is 7.07. The number of aromatic hydroxyl groups is 1. The van der Waals surface area contributed by atoms with E-state index in [1.165, 1.54) is 10.7 Å². The van der Waals surface area contributed by atoms with E-state index in [9.17, 15) is 14.7 Å². The molecule has 1 aliphatic rings. The lowest BCUT2D eigenvalue weighted by atomic mass is 10.1. The number of carbonyl (C=O) groups is 2. The highest BCUT2D eigenvalue weighted by Gasteiger charge is 2.31. The predicted molar refractivity (Wildman–Crippen MR) is 145 cm³/mol. The van der Waals surface area contributed by atoms with Gasteiger partial charge in [0.1, 0.15) is 5.75 Å². The Kier molecular flexibility index (Phi) is 7.11. The van der Waals surface area contributed by atoms with Gasteiger partial charge in [-0.2, -0.15) is 9.78 Å². The van der Waals surface area contributed by atoms with Crippen molar-refractivity contribution in [2.45, 2.75) is 25.3 Å². The van der Waals surface area contributed by atoms with E-state index in [4.69, 9.17) is 34.8 Å². The van der Waals surface area contributed by atoms with Crippen molar-refractivity contribution in [1.82, 2.24) is 15.1 Å². The van der Waals surface area contributed by atoms with Crippen molar-refractivity contribution >= 4 is 52.4 Å². The van der Waals surface area contributed by atoms with Crippen molar-refractivity contribution in [1.29, 1.82) is 0 Å². The first-order valence-electron chi connectivity index (χ1n) is 11.5. The van der Waals surface area contributed by atoms with Crippen LogP contribution >= 0.6 is 34.8 Å². The van der Waals surface area contributed by atoms with Crippen molar-refractivity contribution in [2.24, 2.45) is 0 Å². The average Bonchev–Trinajstić information content (AvgIpc) is 3.64. The Labute approximate surface area is 228 Å². The van der Waals surface area contributed by atoms with Crippen LogP contribution in [0.1, 0.15) is 40.4 Å². The summed E-state index contributed by atoms with van der Waals surface area (Å²) in [6.07, 6.45) is 1.90. The quantitative estimate of drug-likeness (QED) is 0.221. The van der Waals surface area contributed by atoms with Gasteiger partial charge in [-0.1, -0.05) is 53.0 Å². The van der Waals surface area contributed by atoms with Crippen molar-refractivity contribution in [3.8, 4) is 17.0 Å². The third kappa shape index (κ3) is 5.59. The van der Waals surface area contributed by atoms with Crippen LogP contribution in [0, 0.1) is 0 Å². The van der Waals surface area contributed by atoms with Gasteiger partial charge in [-0.25, -0.2) is 4.79 Å². The van der Waals surface area contributed by atoms with Gasteiger partial charge in [0.2, 0.25) is 0 Å². The molecule has 0 bridgehead atoms. The Bertz CT molecular complexity index is 1510. The Balaban J connectivity index is 1.39. The molecule has 2 amide bonds. The molecule has 0 aliphatic heterocycles. The van der Waals surface area contributed by atoms with Gasteiger partial charge < -0.3 is 15.7 Å². The molecule has 0 atom stereocenters. The van der Waals surface area contributed by atoms with E-state index in [1.807, 2.05) is 0 Å². The van der Waals surface area contributed by atoms with Crippen LogP contribution in [0.5, 0.6) is 5.75 Å². The van der Waals surface area contributed by atoms with Crippen LogP contribution in [0.2, 0.25) is 15.1 Å². The number of nitrogens with zero attached hydrogens (tertiary/aromatic N) is 2. The molecule has 1 saturated carbocycles. The molecule has 1 aliphatic carbocycles. The van der Waals surface area contributed by atoms with E-state index >= 15 is 0 Å². The summed E-state index contributed by atoms with van der Waals surface area (Å²) in [5, 5.41) is 21.9. The summed E-state index contributed by atoms with van der Waals surface area (Å²) < 4.78 is 1.33. The summed E-state index contributed by atoms with van der Waals surface area (Å²) in [7, 11) is 0. The van der Waals surface area contributed by atoms with Gasteiger partial charge >= 0.3 is 6.03 Å². The fourth-order valence-corrected chi connectivity index (χ4v) is 4.47. The fourth-order valence-electron chi connectivity index (χ4n) is 3.92. The number of carbonyl (C=O) groups excluding carboxylic acids is 2. The van der Waals surface area contributed by atoms with E-state index in [-0.39, 0.29) is 24.1 Å². The summed E-state index contributed by atoms with van der Waals surface area (Å²) >= 11 is 18.2. The Morgan fingerprint density at radius 2 is 1.73 bits per heavy atom. The lowest BCUT2D eigenvalue weighted by Crippen LogP contribution is -2.30. The average molecular weight is 556 g/mol. The predicted octanol–water partition coefficient (Wildman–Crippen LogP) is 7.10. The molecule has 0 radical (unpaired) electrons. The maximum absolute atomic E-state index is 13.1. The van der Waals surface area contributed by atoms with Gasteiger partial charge in [-0.15, -0.1) is 0 Å². The second kappa shape index (κ2) is 10.5. The van der Waals surface area contributed by atoms with Crippen LogP contribution in [0.4, 0.5) is 10.5 Å².